The Morgan fingerprint density at radius 1 is 1.20 bits per heavy atom. The van der Waals surface area contributed by atoms with Crippen molar-refractivity contribution < 1.29 is 9.53 Å². The van der Waals surface area contributed by atoms with Crippen LogP contribution in [0.2, 0.25) is 0 Å². The Balaban J connectivity index is 1.97. The summed E-state index contributed by atoms with van der Waals surface area (Å²) >= 11 is 1.92. The highest BCUT2D eigenvalue weighted by Crippen LogP contribution is 2.34. The monoisotopic (exact) mass is 370 g/mol. The van der Waals surface area contributed by atoms with Gasteiger partial charge < -0.3 is 19.9 Å². The summed E-state index contributed by atoms with van der Waals surface area (Å²) in [5.74, 6) is 1.31. The molecule has 0 aromatic rings. The number of nitrogens with one attached hydrogen (secondary N) is 1. The first kappa shape index (κ1) is 20.4. The Labute approximate surface area is 156 Å². The van der Waals surface area contributed by atoms with Gasteiger partial charge in [-0.15, -0.1) is 0 Å². The second kappa shape index (κ2) is 9.67. The SMILES string of the molecule is CCNC(=NCC1(SC)CCOCC1)N1CCN(C(=O)C(C)C)CC1. The Bertz CT molecular complexity index is 456. The number of piperazine rings is 1. The van der Waals surface area contributed by atoms with Crippen molar-refractivity contribution in [1.82, 2.24) is 15.1 Å². The zero-order chi connectivity index (χ0) is 18.3. The number of rotatable bonds is 5. The molecule has 6 nitrogen and oxygen atoms in total. The fourth-order valence-corrected chi connectivity index (χ4v) is 4.09. The van der Waals surface area contributed by atoms with Crippen LogP contribution in [0, 0.1) is 5.92 Å². The van der Waals surface area contributed by atoms with Gasteiger partial charge in [0.25, 0.3) is 0 Å². The number of ether oxygens (including phenoxy) is 1. The van der Waals surface area contributed by atoms with Gasteiger partial charge in [-0.05, 0) is 26.0 Å². The largest absolute Gasteiger partial charge is 0.381 e. The highest BCUT2D eigenvalue weighted by atomic mass is 32.2. The van der Waals surface area contributed by atoms with E-state index >= 15 is 0 Å². The Morgan fingerprint density at radius 2 is 1.80 bits per heavy atom. The number of hydrogen-bond donors (Lipinski definition) is 1. The van der Waals surface area contributed by atoms with Crippen molar-refractivity contribution in [1.29, 1.82) is 0 Å². The van der Waals surface area contributed by atoms with Gasteiger partial charge in [-0.1, -0.05) is 13.8 Å². The van der Waals surface area contributed by atoms with E-state index in [0.29, 0.717) is 0 Å². The lowest BCUT2D eigenvalue weighted by molar-refractivity contribution is -0.135. The van der Waals surface area contributed by atoms with E-state index in [9.17, 15) is 4.79 Å². The van der Waals surface area contributed by atoms with Crippen molar-refractivity contribution in [3.05, 3.63) is 0 Å². The molecule has 0 aliphatic carbocycles. The second-order valence-corrected chi connectivity index (χ2v) is 8.41. The Kier molecular flexibility index (Phi) is 7.87. The standard InChI is InChI=1S/C18H34N4O2S/c1-5-19-17(20-14-18(25-4)6-12-24-13-7-18)22-10-8-21(9-11-22)16(23)15(2)3/h15H,5-14H2,1-4H3,(H,19,20). The van der Waals surface area contributed by atoms with Crippen LogP contribution < -0.4 is 5.32 Å². The summed E-state index contributed by atoms with van der Waals surface area (Å²) in [7, 11) is 0. The van der Waals surface area contributed by atoms with Crippen molar-refractivity contribution in [3.63, 3.8) is 0 Å². The summed E-state index contributed by atoms with van der Waals surface area (Å²) in [6.07, 6.45) is 4.31. The predicted molar refractivity (Wildman–Crippen MR) is 105 cm³/mol. The summed E-state index contributed by atoms with van der Waals surface area (Å²) in [4.78, 5) is 21.4. The van der Waals surface area contributed by atoms with Crippen LogP contribution in [-0.4, -0.2) is 85.2 Å². The molecule has 144 valence electrons. The average molecular weight is 371 g/mol. The third kappa shape index (κ3) is 5.51. The smallest absolute Gasteiger partial charge is 0.225 e. The molecule has 0 aromatic carbocycles. The number of carbonyl (C=O) groups excluding carboxylic acids is 1. The molecule has 1 amide bonds. The van der Waals surface area contributed by atoms with E-state index in [1.54, 1.807) is 0 Å². The third-order valence-corrected chi connectivity index (χ3v) is 6.48. The molecule has 0 unspecified atom stereocenters. The van der Waals surface area contributed by atoms with Crippen molar-refractivity contribution in [2.45, 2.75) is 38.4 Å². The average Bonchev–Trinajstić information content (AvgIpc) is 2.65. The van der Waals surface area contributed by atoms with Crippen LogP contribution in [0.1, 0.15) is 33.6 Å². The van der Waals surface area contributed by atoms with Crippen LogP contribution in [0.5, 0.6) is 0 Å². The quantitative estimate of drug-likeness (QED) is 0.589. The summed E-state index contributed by atoms with van der Waals surface area (Å²) in [5, 5.41) is 3.43. The van der Waals surface area contributed by atoms with Gasteiger partial charge in [0, 0.05) is 56.6 Å². The van der Waals surface area contributed by atoms with Gasteiger partial charge in [-0.2, -0.15) is 11.8 Å². The Morgan fingerprint density at radius 3 is 2.32 bits per heavy atom. The van der Waals surface area contributed by atoms with Crippen LogP contribution in [-0.2, 0) is 9.53 Å². The zero-order valence-electron chi connectivity index (χ0n) is 16.2. The normalized spacial score (nSPS) is 21.6. The first-order valence-electron chi connectivity index (χ1n) is 9.46. The number of aliphatic imine (C=N–C) groups is 1. The van der Waals surface area contributed by atoms with E-state index in [4.69, 9.17) is 9.73 Å². The molecule has 0 spiro atoms. The summed E-state index contributed by atoms with van der Waals surface area (Å²) < 4.78 is 5.73. The molecule has 0 radical (unpaired) electrons. The van der Waals surface area contributed by atoms with Crippen molar-refractivity contribution in [2.75, 3.05) is 58.7 Å². The summed E-state index contributed by atoms with van der Waals surface area (Å²) in [6.45, 7) is 12.7. The lowest BCUT2D eigenvalue weighted by atomic mass is 9.99. The Hall–Kier alpha value is -0.950. The minimum Gasteiger partial charge on any atom is -0.381 e. The molecule has 0 bridgehead atoms. The molecule has 25 heavy (non-hydrogen) atoms. The molecule has 0 atom stereocenters. The summed E-state index contributed by atoms with van der Waals surface area (Å²) in [6, 6.07) is 0. The van der Waals surface area contributed by atoms with Crippen LogP contribution in [0.25, 0.3) is 0 Å². The lowest BCUT2D eigenvalue weighted by Crippen LogP contribution is -2.54. The number of nitrogens with zero attached hydrogens (tertiary/aromatic N) is 3. The predicted octanol–water partition coefficient (Wildman–Crippen LogP) is 1.66. The number of hydrogen-bond acceptors (Lipinski definition) is 4. The van der Waals surface area contributed by atoms with E-state index in [1.165, 1.54) is 0 Å². The molecule has 2 heterocycles. The van der Waals surface area contributed by atoms with E-state index in [0.717, 1.165) is 71.3 Å². The van der Waals surface area contributed by atoms with Gasteiger partial charge in [0.1, 0.15) is 0 Å². The van der Waals surface area contributed by atoms with Gasteiger partial charge in [0.2, 0.25) is 5.91 Å². The van der Waals surface area contributed by atoms with Crippen molar-refractivity contribution in [2.24, 2.45) is 10.9 Å². The molecule has 2 rings (SSSR count). The molecule has 2 saturated heterocycles. The fraction of sp³-hybridized carbons (Fsp3) is 0.889. The molecule has 0 aromatic heterocycles. The van der Waals surface area contributed by atoms with Crippen LogP contribution >= 0.6 is 11.8 Å². The third-order valence-electron chi connectivity index (χ3n) is 5.07. The maximum absolute atomic E-state index is 12.2. The van der Waals surface area contributed by atoms with Gasteiger partial charge in [0.15, 0.2) is 5.96 Å². The molecular weight excluding hydrogens is 336 g/mol. The fourth-order valence-electron chi connectivity index (χ4n) is 3.32. The van der Waals surface area contributed by atoms with Crippen LogP contribution in [0.4, 0.5) is 0 Å². The van der Waals surface area contributed by atoms with Crippen LogP contribution in [0.15, 0.2) is 4.99 Å². The van der Waals surface area contributed by atoms with Gasteiger partial charge in [-0.3, -0.25) is 9.79 Å². The topological polar surface area (TPSA) is 57.2 Å². The first-order chi connectivity index (χ1) is 12.0. The highest BCUT2D eigenvalue weighted by molar-refractivity contribution is 8.00. The second-order valence-electron chi connectivity index (χ2n) is 7.14. The maximum Gasteiger partial charge on any atom is 0.225 e. The minimum atomic E-state index is 0.0726. The molecule has 7 heteroatoms. The highest BCUT2D eigenvalue weighted by Gasteiger charge is 2.32. The number of guanidine groups is 1. The maximum atomic E-state index is 12.2. The van der Waals surface area contributed by atoms with Crippen molar-refractivity contribution >= 4 is 23.6 Å². The van der Waals surface area contributed by atoms with E-state index in [-0.39, 0.29) is 16.6 Å². The lowest BCUT2D eigenvalue weighted by Gasteiger charge is -2.38. The molecular formula is C18H34N4O2S. The van der Waals surface area contributed by atoms with Gasteiger partial charge >= 0.3 is 0 Å². The molecule has 2 aliphatic heterocycles. The number of thioether (sulfide) groups is 1. The number of carbonyl (C=O) groups is 1. The van der Waals surface area contributed by atoms with Crippen LogP contribution in [0.3, 0.4) is 0 Å². The molecule has 2 fully saturated rings. The summed E-state index contributed by atoms with van der Waals surface area (Å²) in [5.41, 5.74) is 0. The van der Waals surface area contributed by atoms with E-state index in [1.807, 2.05) is 30.5 Å². The van der Waals surface area contributed by atoms with Gasteiger partial charge in [-0.25, -0.2) is 0 Å². The van der Waals surface area contributed by atoms with E-state index in [2.05, 4.69) is 23.4 Å². The molecule has 1 N–H and O–H groups in total. The minimum absolute atomic E-state index is 0.0726. The van der Waals surface area contributed by atoms with E-state index < -0.39 is 0 Å². The molecule has 2 aliphatic rings. The molecule has 0 saturated carbocycles. The first-order valence-corrected chi connectivity index (χ1v) is 10.7. The van der Waals surface area contributed by atoms with Gasteiger partial charge in [0.05, 0.1) is 6.54 Å². The van der Waals surface area contributed by atoms with Crippen molar-refractivity contribution in [3.8, 4) is 0 Å². The number of amides is 1. The zero-order valence-corrected chi connectivity index (χ0v) is 17.0.